The summed E-state index contributed by atoms with van der Waals surface area (Å²) in [5.74, 6) is 0.612. The molecule has 36 heavy (non-hydrogen) atoms. The summed E-state index contributed by atoms with van der Waals surface area (Å²) in [6.07, 6.45) is -1.03. The lowest BCUT2D eigenvalue weighted by Gasteiger charge is -2.33. The predicted octanol–water partition coefficient (Wildman–Crippen LogP) is 6.02. The number of aliphatic imine (C=N–C) groups is 1. The summed E-state index contributed by atoms with van der Waals surface area (Å²) < 4.78 is 5.24. The molecule has 0 saturated carbocycles. The Labute approximate surface area is 215 Å². The standard InChI is InChI=1S/C28H28ClN3O4/c1-28(2,3)32(27(34)35)21-10-7-19(8-11-21)26-23-15-20(29)9-14-24(23)31(25(33)16-30-26)17-18-5-12-22(36-4)13-6-18/h5-15H,16-17H2,1-4H3,(H,34,35). The molecule has 2 amide bonds. The Morgan fingerprint density at radius 3 is 2.33 bits per heavy atom. The molecule has 1 heterocycles. The Morgan fingerprint density at radius 1 is 1.08 bits per heavy atom. The summed E-state index contributed by atoms with van der Waals surface area (Å²) in [5.41, 5.74) is 3.73. The maximum absolute atomic E-state index is 13.2. The van der Waals surface area contributed by atoms with Crippen LogP contribution in [0.4, 0.5) is 16.2 Å². The predicted molar refractivity (Wildman–Crippen MR) is 143 cm³/mol. The van der Waals surface area contributed by atoms with Crippen molar-refractivity contribution in [2.75, 3.05) is 23.5 Å². The Hall–Kier alpha value is -3.84. The molecule has 1 aliphatic rings. The van der Waals surface area contributed by atoms with Crippen molar-refractivity contribution >= 4 is 40.7 Å². The van der Waals surface area contributed by atoms with Crippen LogP contribution in [-0.2, 0) is 11.3 Å². The fourth-order valence-corrected chi connectivity index (χ4v) is 4.44. The number of carboxylic acid groups (broad SMARTS) is 1. The van der Waals surface area contributed by atoms with E-state index in [2.05, 4.69) is 4.99 Å². The number of halogens is 1. The number of rotatable bonds is 5. The van der Waals surface area contributed by atoms with E-state index in [9.17, 15) is 14.7 Å². The van der Waals surface area contributed by atoms with Gasteiger partial charge in [0.1, 0.15) is 12.3 Å². The van der Waals surface area contributed by atoms with E-state index in [1.54, 1.807) is 30.2 Å². The molecule has 0 aromatic heterocycles. The first-order chi connectivity index (χ1) is 17.1. The van der Waals surface area contributed by atoms with Crippen LogP contribution < -0.4 is 14.5 Å². The minimum absolute atomic E-state index is 0.0250. The van der Waals surface area contributed by atoms with Crippen molar-refractivity contribution in [1.29, 1.82) is 0 Å². The third kappa shape index (κ3) is 5.21. The van der Waals surface area contributed by atoms with E-state index in [0.717, 1.165) is 22.4 Å². The van der Waals surface area contributed by atoms with Crippen LogP contribution in [0.25, 0.3) is 0 Å². The summed E-state index contributed by atoms with van der Waals surface area (Å²) in [6, 6.07) is 20.1. The van der Waals surface area contributed by atoms with Crippen molar-refractivity contribution in [3.63, 3.8) is 0 Å². The number of anilines is 2. The van der Waals surface area contributed by atoms with Gasteiger partial charge in [-0.1, -0.05) is 35.9 Å². The van der Waals surface area contributed by atoms with Gasteiger partial charge in [0, 0.05) is 27.4 Å². The highest BCUT2D eigenvalue weighted by Gasteiger charge is 2.29. The second-order valence-corrected chi connectivity index (χ2v) is 9.93. The zero-order chi connectivity index (χ0) is 26.0. The second kappa shape index (κ2) is 10.0. The number of amides is 2. The van der Waals surface area contributed by atoms with Crippen LogP contribution in [0.3, 0.4) is 0 Å². The molecule has 3 aromatic rings. The number of carbonyl (C=O) groups excluding carboxylic acids is 1. The normalized spacial score (nSPS) is 13.5. The zero-order valence-corrected chi connectivity index (χ0v) is 21.4. The quantitative estimate of drug-likeness (QED) is 0.460. The highest BCUT2D eigenvalue weighted by atomic mass is 35.5. The van der Waals surface area contributed by atoms with Gasteiger partial charge in [0.15, 0.2) is 0 Å². The lowest BCUT2D eigenvalue weighted by molar-refractivity contribution is -0.117. The van der Waals surface area contributed by atoms with E-state index < -0.39 is 11.6 Å². The van der Waals surface area contributed by atoms with Gasteiger partial charge in [-0.25, -0.2) is 4.79 Å². The molecular formula is C28H28ClN3O4. The monoisotopic (exact) mass is 505 g/mol. The SMILES string of the molecule is COc1ccc(CN2C(=O)CN=C(c3ccc(N(C(=O)O)C(C)(C)C)cc3)c3cc(Cl)ccc32)cc1. The highest BCUT2D eigenvalue weighted by Crippen LogP contribution is 2.32. The van der Waals surface area contributed by atoms with Gasteiger partial charge in [0.25, 0.3) is 0 Å². The molecule has 0 unspecified atom stereocenters. The van der Waals surface area contributed by atoms with Gasteiger partial charge in [-0.05, 0) is 68.8 Å². The van der Waals surface area contributed by atoms with Crippen molar-refractivity contribution in [1.82, 2.24) is 0 Å². The van der Waals surface area contributed by atoms with Crippen LogP contribution in [0, 0.1) is 0 Å². The average Bonchev–Trinajstić information content (AvgIpc) is 2.95. The Morgan fingerprint density at radius 2 is 1.75 bits per heavy atom. The topological polar surface area (TPSA) is 82.4 Å². The molecule has 4 rings (SSSR count). The van der Waals surface area contributed by atoms with Crippen molar-refractivity contribution in [3.8, 4) is 5.75 Å². The van der Waals surface area contributed by atoms with Gasteiger partial charge in [0.05, 0.1) is 25.1 Å². The molecule has 3 aromatic carbocycles. The molecule has 0 saturated heterocycles. The molecule has 0 spiro atoms. The van der Waals surface area contributed by atoms with Crippen LogP contribution in [0.15, 0.2) is 71.7 Å². The maximum Gasteiger partial charge on any atom is 0.412 e. The lowest BCUT2D eigenvalue weighted by atomic mass is 9.98. The van der Waals surface area contributed by atoms with E-state index in [0.29, 0.717) is 28.7 Å². The third-order valence-electron chi connectivity index (χ3n) is 5.94. The minimum atomic E-state index is -1.03. The first-order valence-corrected chi connectivity index (χ1v) is 11.9. The van der Waals surface area contributed by atoms with Crippen LogP contribution in [0.1, 0.15) is 37.5 Å². The number of benzene rings is 3. The molecule has 7 nitrogen and oxygen atoms in total. The fourth-order valence-electron chi connectivity index (χ4n) is 4.27. The summed E-state index contributed by atoms with van der Waals surface area (Å²) >= 11 is 6.37. The van der Waals surface area contributed by atoms with Gasteiger partial charge < -0.3 is 14.7 Å². The van der Waals surface area contributed by atoms with E-state index in [1.165, 1.54) is 4.90 Å². The summed E-state index contributed by atoms with van der Waals surface area (Å²) in [4.78, 5) is 32.7. The van der Waals surface area contributed by atoms with Gasteiger partial charge in [-0.2, -0.15) is 0 Å². The van der Waals surface area contributed by atoms with Crippen LogP contribution in [0.5, 0.6) is 5.75 Å². The second-order valence-electron chi connectivity index (χ2n) is 9.49. The lowest BCUT2D eigenvalue weighted by Crippen LogP contribution is -2.45. The summed E-state index contributed by atoms with van der Waals surface area (Å²) in [6.45, 7) is 5.87. The average molecular weight is 506 g/mol. The molecule has 1 N–H and O–H groups in total. The maximum atomic E-state index is 13.2. The van der Waals surface area contributed by atoms with Crippen LogP contribution in [0.2, 0.25) is 5.02 Å². The van der Waals surface area contributed by atoms with E-state index in [4.69, 9.17) is 16.3 Å². The molecular weight excluding hydrogens is 478 g/mol. The number of hydrogen-bond acceptors (Lipinski definition) is 4. The van der Waals surface area contributed by atoms with Crippen molar-refractivity contribution < 1.29 is 19.4 Å². The number of hydrogen-bond donors (Lipinski definition) is 1. The van der Waals surface area contributed by atoms with Gasteiger partial charge in [0.2, 0.25) is 5.91 Å². The van der Waals surface area contributed by atoms with Crippen molar-refractivity contribution in [3.05, 3.63) is 88.4 Å². The van der Waals surface area contributed by atoms with E-state index >= 15 is 0 Å². The van der Waals surface area contributed by atoms with Crippen molar-refractivity contribution in [2.24, 2.45) is 4.99 Å². The number of fused-ring (bicyclic) bond motifs is 1. The van der Waals surface area contributed by atoms with Gasteiger partial charge in [-0.15, -0.1) is 0 Å². The minimum Gasteiger partial charge on any atom is -0.497 e. The first kappa shape index (κ1) is 25.3. The molecule has 0 radical (unpaired) electrons. The Bertz CT molecular complexity index is 1310. The third-order valence-corrected chi connectivity index (χ3v) is 6.17. The largest absolute Gasteiger partial charge is 0.497 e. The highest BCUT2D eigenvalue weighted by molar-refractivity contribution is 6.32. The zero-order valence-electron chi connectivity index (χ0n) is 20.7. The van der Waals surface area contributed by atoms with E-state index in [1.807, 2.05) is 69.3 Å². The van der Waals surface area contributed by atoms with Crippen molar-refractivity contribution in [2.45, 2.75) is 32.9 Å². The number of ether oxygens (including phenoxy) is 1. The molecule has 0 aliphatic carbocycles. The number of carbonyl (C=O) groups is 2. The van der Waals surface area contributed by atoms with Gasteiger partial charge in [-0.3, -0.25) is 14.7 Å². The molecule has 1 aliphatic heterocycles. The summed E-state index contributed by atoms with van der Waals surface area (Å²) in [5, 5.41) is 10.3. The molecule has 186 valence electrons. The fraction of sp³-hybridized carbons (Fsp3) is 0.250. The number of benzodiazepines with no additional fused rings is 1. The van der Waals surface area contributed by atoms with Gasteiger partial charge >= 0.3 is 6.09 Å². The molecule has 0 atom stereocenters. The van der Waals surface area contributed by atoms with E-state index in [-0.39, 0.29) is 12.5 Å². The van der Waals surface area contributed by atoms with Crippen LogP contribution >= 0.6 is 11.6 Å². The summed E-state index contributed by atoms with van der Waals surface area (Å²) in [7, 11) is 1.61. The first-order valence-electron chi connectivity index (χ1n) is 11.5. The number of nitrogens with zero attached hydrogens (tertiary/aromatic N) is 3. The number of methoxy groups -OCH3 is 1. The van der Waals surface area contributed by atoms with Crippen LogP contribution in [-0.4, -0.2) is 42.0 Å². The molecule has 0 bridgehead atoms. The smallest absolute Gasteiger partial charge is 0.412 e. The molecule has 8 heteroatoms. The Kier molecular flexibility index (Phi) is 7.04. The Balaban J connectivity index is 1.72. The molecule has 0 fully saturated rings.